The second-order valence-electron chi connectivity index (χ2n) is 9.41. The lowest BCUT2D eigenvalue weighted by molar-refractivity contribution is 0.0824. The van der Waals surface area contributed by atoms with E-state index < -0.39 is 0 Å². The minimum absolute atomic E-state index is 0.212. The van der Waals surface area contributed by atoms with Gasteiger partial charge in [-0.2, -0.15) is 0 Å². The van der Waals surface area contributed by atoms with Gasteiger partial charge < -0.3 is 19.6 Å². The van der Waals surface area contributed by atoms with Gasteiger partial charge in [-0.1, -0.05) is 72.1 Å². The quantitative estimate of drug-likeness (QED) is 0.264. The molecule has 6 heteroatoms. The average Bonchev–Trinajstić information content (AvgIpc) is 2.93. The number of benzene rings is 4. The second-order valence-corrected chi connectivity index (χ2v) is 11.6. The maximum Gasteiger partial charge on any atom is 0.0725 e. The van der Waals surface area contributed by atoms with E-state index in [0.29, 0.717) is 6.54 Å². The van der Waals surface area contributed by atoms with Gasteiger partial charge in [0.25, 0.3) is 0 Å². The van der Waals surface area contributed by atoms with Crippen LogP contribution in [0.1, 0.15) is 20.8 Å². The number of β-amino-alcohol motifs (C(OH)–C–C–N with tert-alkyl or cyclic N) is 1. The van der Waals surface area contributed by atoms with E-state index in [9.17, 15) is 5.11 Å². The summed E-state index contributed by atoms with van der Waals surface area (Å²) < 4.78 is 5.73. The Bertz CT molecular complexity index is 1290. The minimum atomic E-state index is -0.353. The first-order valence-electron chi connectivity index (χ1n) is 13.1. The van der Waals surface area contributed by atoms with Crippen LogP contribution in [0.3, 0.4) is 0 Å². The molecule has 4 nitrogen and oxygen atoms in total. The molecule has 38 heavy (non-hydrogen) atoms. The lowest BCUT2D eigenvalue weighted by atomic mass is 10.2. The van der Waals surface area contributed by atoms with E-state index >= 15 is 0 Å². The van der Waals surface area contributed by atoms with Crippen molar-refractivity contribution in [3.05, 3.63) is 97.1 Å². The Balaban J connectivity index is 0.000000156. The molecule has 1 N–H and O–H groups in total. The summed E-state index contributed by atoms with van der Waals surface area (Å²) in [5.41, 5.74) is 4.93. The number of aliphatic hydroxyl groups is 1. The number of aliphatic hydroxyl groups excluding tert-OH is 1. The van der Waals surface area contributed by atoms with E-state index in [1.54, 1.807) is 11.8 Å². The van der Waals surface area contributed by atoms with Crippen molar-refractivity contribution < 1.29 is 9.84 Å². The summed E-state index contributed by atoms with van der Waals surface area (Å²) in [6, 6.07) is 33.9. The molecule has 0 amide bonds. The number of hydrogen-bond acceptors (Lipinski definition) is 6. The van der Waals surface area contributed by atoms with Gasteiger partial charge in [0.15, 0.2) is 0 Å². The van der Waals surface area contributed by atoms with E-state index in [-0.39, 0.29) is 12.2 Å². The number of ether oxygens (including phenoxy) is 1. The summed E-state index contributed by atoms with van der Waals surface area (Å²) in [5, 5.41) is 9.71. The monoisotopic (exact) mass is 542 g/mol. The zero-order chi connectivity index (χ0) is 26.5. The fourth-order valence-electron chi connectivity index (χ4n) is 4.81. The molecule has 0 aromatic heterocycles. The Kier molecular flexibility index (Phi) is 8.65. The van der Waals surface area contributed by atoms with E-state index in [1.807, 2.05) is 37.7 Å². The molecule has 4 aromatic carbocycles. The van der Waals surface area contributed by atoms with Crippen LogP contribution in [0.2, 0.25) is 0 Å². The third kappa shape index (κ3) is 5.89. The van der Waals surface area contributed by atoms with Gasteiger partial charge in [0.2, 0.25) is 0 Å². The van der Waals surface area contributed by atoms with E-state index in [0.717, 1.165) is 13.2 Å². The van der Waals surface area contributed by atoms with Crippen molar-refractivity contribution in [3.63, 3.8) is 0 Å². The predicted octanol–water partition coefficient (Wildman–Crippen LogP) is 8.38. The average molecular weight is 543 g/mol. The molecule has 2 aliphatic heterocycles. The minimum Gasteiger partial charge on any atom is -0.392 e. The lowest BCUT2D eigenvalue weighted by Gasteiger charge is -2.34. The van der Waals surface area contributed by atoms with Crippen LogP contribution < -0.4 is 9.80 Å². The van der Waals surface area contributed by atoms with Crippen LogP contribution >= 0.6 is 23.5 Å². The molecule has 0 bridgehead atoms. The van der Waals surface area contributed by atoms with Gasteiger partial charge in [-0.15, -0.1) is 0 Å². The molecule has 4 aromatic rings. The molecule has 196 valence electrons. The summed E-state index contributed by atoms with van der Waals surface area (Å²) in [6.07, 6.45) is -0.140. The number of nitrogens with zero attached hydrogens (tertiary/aromatic N) is 2. The van der Waals surface area contributed by atoms with Crippen molar-refractivity contribution in [1.29, 1.82) is 0 Å². The van der Waals surface area contributed by atoms with Crippen LogP contribution in [0.15, 0.2) is 117 Å². The van der Waals surface area contributed by atoms with Crippen LogP contribution in [0.5, 0.6) is 0 Å². The van der Waals surface area contributed by atoms with E-state index in [2.05, 4.69) is 102 Å². The highest BCUT2D eigenvalue weighted by atomic mass is 32.2. The van der Waals surface area contributed by atoms with Crippen molar-refractivity contribution in [3.8, 4) is 0 Å². The van der Waals surface area contributed by atoms with E-state index in [1.165, 1.54) is 42.3 Å². The summed E-state index contributed by atoms with van der Waals surface area (Å²) in [5.74, 6) is 0. The standard InChI is InChI=1S/C17H19NOS.C15H15NOS/c1-3-19-13(2)12-18-14-8-4-6-10-16(14)20-17-11-7-5-9-15(17)18;1-11(17)10-16-12-6-2-4-8-14(12)18-15-9-5-3-7-13(15)16/h4-11,13H,3,12H2,1-2H3;2-9,11,17H,10H2,1H3. The summed E-state index contributed by atoms with van der Waals surface area (Å²) in [6.45, 7) is 8.26. The number of para-hydroxylation sites is 4. The topological polar surface area (TPSA) is 35.9 Å². The smallest absolute Gasteiger partial charge is 0.0725 e. The lowest BCUT2D eigenvalue weighted by Crippen LogP contribution is -2.30. The number of fused-ring (bicyclic) bond motifs is 4. The highest BCUT2D eigenvalue weighted by Gasteiger charge is 2.25. The molecule has 0 saturated carbocycles. The highest BCUT2D eigenvalue weighted by Crippen LogP contribution is 2.48. The zero-order valence-corrected chi connectivity index (χ0v) is 23.7. The fourth-order valence-corrected chi connectivity index (χ4v) is 7.01. The Labute approximate surface area is 234 Å². The molecule has 0 spiro atoms. The van der Waals surface area contributed by atoms with Crippen molar-refractivity contribution in [1.82, 2.24) is 0 Å². The molecule has 2 unspecified atom stereocenters. The molecule has 0 aliphatic carbocycles. The SMILES string of the molecule is CC(O)CN1c2ccccc2Sc2ccccc21.CCOC(C)CN1c2ccccc2Sc2ccccc21. The van der Waals surface area contributed by atoms with Gasteiger partial charge in [0.05, 0.1) is 35.0 Å². The van der Waals surface area contributed by atoms with Crippen molar-refractivity contribution in [2.24, 2.45) is 0 Å². The summed E-state index contributed by atoms with van der Waals surface area (Å²) in [7, 11) is 0. The van der Waals surface area contributed by atoms with Crippen LogP contribution in [0.25, 0.3) is 0 Å². The molecule has 2 atom stereocenters. The van der Waals surface area contributed by atoms with Crippen LogP contribution in [0, 0.1) is 0 Å². The van der Waals surface area contributed by atoms with Gasteiger partial charge in [-0.05, 0) is 69.3 Å². The Hall–Kier alpha value is -2.90. The van der Waals surface area contributed by atoms with Gasteiger partial charge in [0, 0.05) is 39.3 Å². The second kappa shape index (κ2) is 12.3. The molecule has 6 rings (SSSR count). The largest absolute Gasteiger partial charge is 0.392 e. The van der Waals surface area contributed by atoms with Crippen LogP contribution in [-0.2, 0) is 4.74 Å². The number of rotatable bonds is 6. The Morgan fingerprint density at radius 2 is 0.947 bits per heavy atom. The Morgan fingerprint density at radius 1 is 0.605 bits per heavy atom. The van der Waals surface area contributed by atoms with Gasteiger partial charge >= 0.3 is 0 Å². The molecule has 2 heterocycles. The summed E-state index contributed by atoms with van der Waals surface area (Å²) >= 11 is 3.63. The molecule has 0 saturated heterocycles. The highest BCUT2D eigenvalue weighted by molar-refractivity contribution is 8.00. The van der Waals surface area contributed by atoms with Crippen molar-refractivity contribution >= 4 is 46.3 Å². The fraction of sp³-hybridized carbons (Fsp3) is 0.250. The van der Waals surface area contributed by atoms with Gasteiger partial charge in [-0.25, -0.2) is 0 Å². The number of hydrogen-bond donors (Lipinski definition) is 1. The van der Waals surface area contributed by atoms with Crippen LogP contribution in [0.4, 0.5) is 22.7 Å². The molecular weight excluding hydrogens is 508 g/mol. The van der Waals surface area contributed by atoms with Crippen LogP contribution in [-0.4, -0.2) is 37.0 Å². The maximum atomic E-state index is 9.71. The predicted molar refractivity (Wildman–Crippen MR) is 161 cm³/mol. The first kappa shape index (κ1) is 26.7. The van der Waals surface area contributed by atoms with Crippen molar-refractivity contribution in [2.75, 3.05) is 29.5 Å². The Morgan fingerprint density at radius 3 is 1.29 bits per heavy atom. The third-order valence-corrected chi connectivity index (χ3v) is 8.66. The molecular formula is C32H34N2O2S2. The molecule has 2 aliphatic rings. The zero-order valence-electron chi connectivity index (χ0n) is 22.1. The normalized spacial score (nSPS) is 14.7. The molecule has 0 fully saturated rings. The number of anilines is 4. The first-order valence-corrected chi connectivity index (χ1v) is 14.7. The maximum absolute atomic E-state index is 9.71. The summed E-state index contributed by atoms with van der Waals surface area (Å²) in [4.78, 5) is 9.70. The first-order chi connectivity index (χ1) is 18.5. The van der Waals surface area contributed by atoms with Gasteiger partial charge in [0.1, 0.15) is 0 Å². The molecule has 0 radical (unpaired) electrons. The van der Waals surface area contributed by atoms with Crippen molar-refractivity contribution in [2.45, 2.75) is 52.6 Å². The third-order valence-electron chi connectivity index (χ3n) is 6.40. The van der Waals surface area contributed by atoms with Gasteiger partial charge in [-0.3, -0.25) is 0 Å². The van der Waals surface area contributed by atoms with E-state index in [4.69, 9.17) is 4.74 Å².